The summed E-state index contributed by atoms with van der Waals surface area (Å²) in [6, 6.07) is 22.6. The van der Waals surface area contributed by atoms with Crippen LogP contribution in [0.15, 0.2) is 84.9 Å². The van der Waals surface area contributed by atoms with Gasteiger partial charge in [0.05, 0.1) is 4.92 Å². The molecule has 3 amide bonds. The van der Waals surface area contributed by atoms with E-state index in [1.165, 1.54) is 18.2 Å². The van der Waals surface area contributed by atoms with Gasteiger partial charge in [0, 0.05) is 42.7 Å². The van der Waals surface area contributed by atoms with Crippen molar-refractivity contribution >= 4 is 35.1 Å². The first-order chi connectivity index (χ1) is 16.4. The van der Waals surface area contributed by atoms with Crippen molar-refractivity contribution in [2.24, 2.45) is 0 Å². The Morgan fingerprint density at radius 3 is 2.32 bits per heavy atom. The van der Waals surface area contributed by atoms with E-state index in [-0.39, 0.29) is 17.6 Å². The van der Waals surface area contributed by atoms with Gasteiger partial charge in [0.2, 0.25) is 5.91 Å². The van der Waals surface area contributed by atoms with Crippen LogP contribution in [-0.4, -0.2) is 30.0 Å². The van der Waals surface area contributed by atoms with Gasteiger partial charge < -0.3 is 10.6 Å². The fourth-order valence-corrected chi connectivity index (χ4v) is 3.24. The molecule has 3 aromatic carbocycles. The fourth-order valence-electron chi connectivity index (χ4n) is 3.24. The van der Waals surface area contributed by atoms with E-state index in [0.29, 0.717) is 25.1 Å². The highest BCUT2D eigenvalue weighted by molar-refractivity contribution is 6.02. The van der Waals surface area contributed by atoms with Gasteiger partial charge in [0.1, 0.15) is 0 Å². The Morgan fingerprint density at radius 2 is 1.65 bits per heavy atom. The first kappa shape index (κ1) is 24.2. The van der Waals surface area contributed by atoms with E-state index in [0.717, 1.165) is 16.9 Å². The second-order valence-corrected chi connectivity index (χ2v) is 7.56. The Bertz CT molecular complexity index is 1160. The highest BCUT2D eigenvalue weighted by Gasteiger charge is 2.16. The van der Waals surface area contributed by atoms with E-state index in [1.807, 2.05) is 61.5 Å². The highest BCUT2D eigenvalue weighted by atomic mass is 16.6. The number of hydrogen-bond acceptors (Lipinski definition) is 4. The maximum atomic E-state index is 13.0. The van der Waals surface area contributed by atoms with E-state index in [1.54, 1.807) is 23.1 Å². The number of anilines is 2. The van der Waals surface area contributed by atoms with Crippen molar-refractivity contribution in [3.8, 4) is 0 Å². The van der Waals surface area contributed by atoms with Gasteiger partial charge in [-0.25, -0.2) is 4.79 Å². The molecule has 3 rings (SSSR count). The molecule has 0 aliphatic rings. The zero-order valence-electron chi connectivity index (χ0n) is 18.8. The molecule has 8 nitrogen and oxygen atoms in total. The zero-order chi connectivity index (χ0) is 24.3. The van der Waals surface area contributed by atoms with Crippen molar-refractivity contribution < 1.29 is 14.5 Å². The van der Waals surface area contributed by atoms with E-state index in [2.05, 4.69) is 10.6 Å². The summed E-state index contributed by atoms with van der Waals surface area (Å²) in [7, 11) is 0. The highest BCUT2D eigenvalue weighted by Crippen LogP contribution is 2.18. The molecule has 0 aliphatic heterocycles. The van der Waals surface area contributed by atoms with Crippen LogP contribution in [0.3, 0.4) is 0 Å². The lowest BCUT2D eigenvalue weighted by atomic mass is 10.2. The van der Waals surface area contributed by atoms with E-state index < -0.39 is 4.92 Å². The number of nitro groups is 1. The molecule has 0 saturated carbocycles. The molecule has 0 aliphatic carbocycles. The molecule has 0 fully saturated rings. The molecule has 0 unspecified atom stereocenters. The van der Waals surface area contributed by atoms with Gasteiger partial charge in [0.15, 0.2) is 0 Å². The molecule has 0 spiro atoms. The number of carbonyl (C=O) groups is 2. The monoisotopic (exact) mass is 458 g/mol. The van der Waals surface area contributed by atoms with Crippen LogP contribution in [0, 0.1) is 17.0 Å². The lowest BCUT2D eigenvalue weighted by Crippen LogP contribution is -2.37. The molecule has 174 valence electrons. The van der Waals surface area contributed by atoms with Gasteiger partial charge in [0.25, 0.3) is 5.69 Å². The van der Waals surface area contributed by atoms with Crippen molar-refractivity contribution in [3.63, 3.8) is 0 Å². The van der Waals surface area contributed by atoms with Gasteiger partial charge in [-0.3, -0.25) is 19.8 Å². The number of aryl methyl sites for hydroxylation is 1. The van der Waals surface area contributed by atoms with Gasteiger partial charge in [-0.2, -0.15) is 0 Å². The molecule has 2 N–H and O–H groups in total. The standard InChI is InChI=1S/C26H26N4O4/c1-20-8-5-6-11-24(20)28-26(32)29(22-9-3-2-4-10-22)19-7-18-27-25(31)17-14-21-12-15-23(16-13-21)30(33)34/h2-6,8-17H,7,18-19H2,1H3,(H,27,31)(H,28,32)/b17-14+. The minimum Gasteiger partial charge on any atom is -0.352 e. The van der Waals surface area contributed by atoms with Crippen molar-refractivity contribution in [1.29, 1.82) is 0 Å². The molecular weight excluding hydrogens is 432 g/mol. The number of amides is 3. The maximum absolute atomic E-state index is 13.0. The Balaban J connectivity index is 1.54. The largest absolute Gasteiger partial charge is 0.352 e. The number of nitro benzene ring substituents is 1. The predicted molar refractivity (Wildman–Crippen MR) is 134 cm³/mol. The summed E-state index contributed by atoms with van der Waals surface area (Å²) in [5.41, 5.74) is 3.16. The topological polar surface area (TPSA) is 105 Å². The number of nitrogens with zero attached hydrogens (tertiary/aromatic N) is 2. The second-order valence-electron chi connectivity index (χ2n) is 7.56. The summed E-state index contributed by atoms with van der Waals surface area (Å²) >= 11 is 0. The molecule has 8 heteroatoms. The number of carbonyl (C=O) groups excluding carboxylic acids is 2. The number of non-ortho nitro benzene ring substituents is 1. The van der Waals surface area contributed by atoms with Gasteiger partial charge in [-0.1, -0.05) is 36.4 Å². The van der Waals surface area contributed by atoms with Crippen LogP contribution in [0.1, 0.15) is 17.5 Å². The minimum atomic E-state index is -0.472. The summed E-state index contributed by atoms with van der Waals surface area (Å²) < 4.78 is 0. The molecule has 0 saturated heterocycles. The number of para-hydroxylation sites is 2. The van der Waals surface area contributed by atoms with Crippen LogP contribution in [-0.2, 0) is 4.79 Å². The summed E-state index contributed by atoms with van der Waals surface area (Å²) in [6.07, 6.45) is 3.51. The Morgan fingerprint density at radius 1 is 0.971 bits per heavy atom. The first-order valence-corrected chi connectivity index (χ1v) is 10.8. The number of benzene rings is 3. The number of hydrogen-bond donors (Lipinski definition) is 2. The molecule has 0 atom stereocenters. The molecule has 0 aromatic heterocycles. The normalized spacial score (nSPS) is 10.6. The third-order valence-corrected chi connectivity index (χ3v) is 5.09. The number of nitrogens with one attached hydrogen (secondary N) is 2. The lowest BCUT2D eigenvalue weighted by Gasteiger charge is -2.24. The average Bonchev–Trinajstić information content (AvgIpc) is 2.85. The summed E-state index contributed by atoms with van der Waals surface area (Å²) in [4.78, 5) is 37.0. The summed E-state index contributed by atoms with van der Waals surface area (Å²) in [6.45, 7) is 2.72. The van der Waals surface area contributed by atoms with Gasteiger partial charge >= 0.3 is 6.03 Å². The van der Waals surface area contributed by atoms with E-state index in [9.17, 15) is 19.7 Å². The Kier molecular flexibility index (Phi) is 8.51. The smallest absolute Gasteiger partial charge is 0.326 e. The summed E-state index contributed by atoms with van der Waals surface area (Å²) in [5.74, 6) is -0.283. The third kappa shape index (κ3) is 7.03. The van der Waals surface area contributed by atoms with Crippen LogP contribution >= 0.6 is 0 Å². The average molecular weight is 459 g/mol. The Hall–Kier alpha value is -4.46. The minimum absolute atomic E-state index is 0.00367. The Labute approximate surface area is 198 Å². The SMILES string of the molecule is Cc1ccccc1NC(=O)N(CCCNC(=O)/C=C/c1ccc([N+](=O)[O-])cc1)c1ccccc1. The lowest BCUT2D eigenvalue weighted by molar-refractivity contribution is -0.384. The second kappa shape index (κ2) is 12.0. The van der Waals surface area contributed by atoms with Crippen LogP contribution in [0.5, 0.6) is 0 Å². The molecular formula is C26H26N4O4. The van der Waals surface area contributed by atoms with Gasteiger partial charge in [-0.05, 0) is 60.9 Å². The summed E-state index contributed by atoms with van der Waals surface area (Å²) in [5, 5.41) is 16.5. The maximum Gasteiger partial charge on any atom is 0.326 e. The molecule has 3 aromatic rings. The molecule has 0 heterocycles. The van der Waals surface area contributed by atoms with Crippen molar-refractivity contribution in [1.82, 2.24) is 5.32 Å². The van der Waals surface area contributed by atoms with Crippen LogP contribution in [0.4, 0.5) is 21.9 Å². The molecule has 0 bridgehead atoms. The quantitative estimate of drug-likeness (QED) is 0.200. The zero-order valence-corrected chi connectivity index (χ0v) is 18.8. The van der Waals surface area contributed by atoms with Crippen molar-refractivity contribution in [2.45, 2.75) is 13.3 Å². The first-order valence-electron chi connectivity index (χ1n) is 10.8. The molecule has 34 heavy (non-hydrogen) atoms. The van der Waals surface area contributed by atoms with Crippen molar-refractivity contribution in [3.05, 3.63) is 106 Å². The number of rotatable bonds is 9. The predicted octanol–water partition coefficient (Wildman–Crippen LogP) is 5.16. The van der Waals surface area contributed by atoms with E-state index >= 15 is 0 Å². The number of urea groups is 1. The van der Waals surface area contributed by atoms with Crippen molar-refractivity contribution in [2.75, 3.05) is 23.3 Å². The third-order valence-electron chi connectivity index (χ3n) is 5.09. The van der Waals surface area contributed by atoms with Crippen LogP contribution < -0.4 is 15.5 Å². The molecule has 0 radical (unpaired) electrons. The van der Waals surface area contributed by atoms with Gasteiger partial charge in [-0.15, -0.1) is 0 Å². The van der Waals surface area contributed by atoms with E-state index in [4.69, 9.17) is 0 Å². The van der Waals surface area contributed by atoms with Crippen LogP contribution in [0.2, 0.25) is 0 Å². The fraction of sp³-hybridized carbons (Fsp3) is 0.154. The van der Waals surface area contributed by atoms with Crippen LogP contribution in [0.25, 0.3) is 6.08 Å².